The number of nitrogens with one attached hydrogen (secondary N) is 1. The van der Waals surface area contributed by atoms with E-state index in [9.17, 15) is 9.59 Å². The molecule has 0 bridgehead atoms. The van der Waals surface area contributed by atoms with Crippen molar-refractivity contribution in [2.75, 3.05) is 7.11 Å². The number of carbonyl (C=O) groups excluding carboxylic acids is 1. The standard InChI is InChI=1S/C25H26N4O4/c1-14-21(15(2)33-28-14)17-9-11-18(12-10-17)23-22(16-7-5-4-6-8-16)24(30)29-20(26-23)13-19(27-29)25(31)32-3/h9-13,16,27H,4-8H2,1-3H3. The van der Waals surface area contributed by atoms with Crippen LogP contribution in [-0.4, -0.2) is 32.8 Å². The molecule has 8 heteroatoms. The summed E-state index contributed by atoms with van der Waals surface area (Å²) in [5.41, 5.74) is 5.49. The van der Waals surface area contributed by atoms with Gasteiger partial charge in [0.1, 0.15) is 11.5 Å². The lowest BCUT2D eigenvalue weighted by molar-refractivity contribution is 0.0593. The van der Waals surface area contributed by atoms with Crippen molar-refractivity contribution in [3.8, 4) is 22.4 Å². The van der Waals surface area contributed by atoms with E-state index in [1.54, 1.807) is 6.07 Å². The van der Waals surface area contributed by atoms with Crippen LogP contribution in [-0.2, 0) is 4.74 Å². The molecule has 1 fully saturated rings. The molecule has 3 aromatic heterocycles. The Morgan fingerprint density at radius 1 is 1.12 bits per heavy atom. The zero-order chi connectivity index (χ0) is 23.1. The van der Waals surface area contributed by atoms with Crippen molar-refractivity contribution in [3.63, 3.8) is 0 Å². The number of aromatic amines is 1. The number of benzene rings is 1. The van der Waals surface area contributed by atoms with Crippen molar-refractivity contribution in [2.45, 2.75) is 51.9 Å². The molecule has 4 aromatic rings. The second-order valence-electron chi connectivity index (χ2n) is 8.65. The van der Waals surface area contributed by atoms with Crippen LogP contribution in [0.3, 0.4) is 0 Å². The predicted molar refractivity (Wildman–Crippen MR) is 123 cm³/mol. The first kappa shape index (κ1) is 21.2. The van der Waals surface area contributed by atoms with Gasteiger partial charge in [-0.3, -0.25) is 9.89 Å². The Hall–Kier alpha value is -3.68. The molecule has 1 aliphatic rings. The van der Waals surface area contributed by atoms with E-state index in [2.05, 4.69) is 10.3 Å². The lowest BCUT2D eigenvalue weighted by Gasteiger charge is -2.23. The molecule has 1 N–H and O–H groups in total. The van der Waals surface area contributed by atoms with E-state index in [0.29, 0.717) is 16.9 Å². The molecule has 0 amide bonds. The molecule has 5 rings (SSSR count). The molecule has 8 nitrogen and oxygen atoms in total. The summed E-state index contributed by atoms with van der Waals surface area (Å²) in [5, 5.41) is 6.91. The van der Waals surface area contributed by atoms with Crippen LogP contribution in [0.1, 0.15) is 65.5 Å². The van der Waals surface area contributed by atoms with E-state index in [4.69, 9.17) is 14.2 Å². The van der Waals surface area contributed by atoms with Crippen molar-refractivity contribution in [1.82, 2.24) is 19.8 Å². The van der Waals surface area contributed by atoms with Gasteiger partial charge in [-0.2, -0.15) is 0 Å². The topological polar surface area (TPSA) is 102 Å². The van der Waals surface area contributed by atoms with Crippen LogP contribution in [0.15, 0.2) is 39.6 Å². The van der Waals surface area contributed by atoms with Crippen molar-refractivity contribution < 1.29 is 14.1 Å². The quantitative estimate of drug-likeness (QED) is 0.452. The highest BCUT2D eigenvalue weighted by molar-refractivity contribution is 5.88. The molecule has 3 heterocycles. The third-order valence-electron chi connectivity index (χ3n) is 6.55. The Kier molecular flexibility index (Phi) is 5.36. The van der Waals surface area contributed by atoms with Gasteiger partial charge in [-0.15, -0.1) is 0 Å². The molecule has 0 unspecified atom stereocenters. The van der Waals surface area contributed by atoms with Gasteiger partial charge >= 0.3 is 5.97 Å². The smallest absolute Gasteiger partial charge is 0.356 e. The summed E-state index contributed by atoms with van der Waals surface area (Å²) in [6.07, 6.45) is 5.28. The summed E-state index contributed by atoms with van der Waals surface area (Å²) < 4.78 is 11.5. The molecule has 0 saturated heterocycles. The molecule has 0 radical (unpaired) electrons. The fourth-order valence-electron chi connectivity index (χ4n) is 4.92. The fourth-order valence-corrected chi connectivity index (χ4v) is 4.92. The van der Waals surface area contributed by atoms with Gasteiger partial charge in [0, 0.05) is 22.8 Å². The van der Waals surface area contributed by atoms with E-state index >= 15 is 0 Å². The van der Waals surface area contributed by atoms with E-state index in [-0.39, 0.29) is 17.2 Å². The number of nitrogens with zero attached hydrogens (tertiary/aromatic N) is 3. The summed E-state index contributed by atoms with van der Waals surface area (Å²) in [6, 6.07) is 9.54. The molecular weight excluding hydrogens is 420 g/mol. The van der Waals surface area contributed by atoms with Crippen molar-refractivity contribution in [3.05, 3.63) is 63.4 Å². The Morgan fingerprint density at radius 2 is 1.82 bits per heavy atom. The third kappa shape index (κ3) is 3.65. The van der Waals surface area contributed by atoms with Crippen LogP contribution >= 0.6 is 0 Å². The van der Waals surface area contributed by atoms with E-state index in [1.807, 2.05) is 38.1 Å². The Bertz CT molecular complexity index is 1370. The van der Waals surface area contributed by atoms with Gasteiger partial charge in [-0.05, 0) is 38.2 Å². The minimum Gasteiger partial charge on any atom is -0.464 e. The average molecular weight is 447 g/mol. The van der Waals surface area contributed by atoms with Crippen molar-refractivity contribution >= 4 is 11.6 Å². The number of carbonyl (C=O) groups is 1. The Labute approximate surface area is 190 Å². The van der Waals surface area contributed by atoms with Crippen molar-refractivity contribution in [1.29, 1.82) is 0 Å². The summed E-state index contributed by atoms with van der Waals surface area (Å²) >= 11 is 0. The van der Waals surface area contributed by atoms with Crippen LogP contribution in [0, 0.1) is 13.8 Å². The number of esters is 1. The number of fused-ring (bicyclic) bond motifs is 1. The number of hydrogen-bond donors (Lipinski definition) is 1. The molecule has 0 atom stereocenters. The van der Waals surface area contributed by atoms with Gasteiger partial charge in [-0.1, -0.05) is 48.7 Å². The molecule has 0 aliphatic heterocycles. The first-order chi connectivity index (χ1) is 16.0. The van der Waals surface area contributed by atoms with Gasteiger partial charge in [0.25, 0.3) is 5.56 Å². The lowest BCUT2D eigenvalue weighted by atomic mass is 9.82. The van der Waals surface area contributed by atoms with Gasteiger partial charge in [0.05, 0.1) is 18.5 Å². The van der Waals surface area contributed by atoms with Crippen molar-refractivity contribution in [2.24, 2.45) is 0 Å². The largest absolute Gasteiger partial charge is 0.464 e. The predicted octanol–water partition coefficient (Wildman–Crippen LogP) is 4.80. The second kappa shape index (κ2) is 8.35. The normalized spacial score (nSPS) is 14.6. The third-order valence-corrected chi connectivity index (χ3v) is 6.55. The van der Waals surface area contributed by atoms with E-state index < -0.39 is 5.97 Å². The maximum absolute atomic E-state index is 13.6. The number of H-pyrrole nitrogens is 1. The highest BCUT2D eigenvalue weighted by atomic mass is 16.5. The van der Waals surface area contributed by atoms with Gasteiger partial charge < -0.3 is 9.26 Å². The summed E-state index contributed by atoms with van der Waals surface area (Å²) in [6.45, 7) is 3.81. The van der Waals surface area contributed by atoms with Crippen LogP contribution in [0.2, 0.25) is 0 Å². The lowest BCUT2D eigenvalue weighted by Crippen LogP contribution is -2.25. The number of hydrogen-bond acceptors (Lipinski definition) is 6. The summed E-state index contributed by atoms with van der Waals surface area (Å²) in [7, 11) is 1.31. The van der Waals surface area contributed by atoms with Crippen LogP contribution < -0.4 is 5.56 Å². The second-order valence-corrected chi connectivity index (χ2v) is 8.65. The Morgan fingerprint density at radius 3 is 2.45 bits per heavy atom. The maximum atomic E-state index is 13.6. The van der Waals surface area contributed by atoms with E-state index in [0.717, 1.165) is 53.8 Å². The van der Waals surface area contributed by atoms with E-state index in [1.165, 1.54) is 18.0 Å². The molecule has 170 valence electrons. The minimum absolute atomic E-state index is 0.137. The number of aromatic nitrogens is 4. The molecule has 1 aliphatic carbocycles. The highest BCUT2D eigenvalue weighted by Gasteiger charge is 2.26. The zero-order valence-corrected chi connectivity index (χ0v) is 19.0. The monoisotopic (exact) mass is 446 g/mol. The molecule has 0 spiro atoms. The maximum Gasteiger partial charge on any atom is 0.356 e. The molecular formula is C25H26N4O4. The number of aryl methyl sites for hydroxylation is 2. The number of rotatable bonds is 4. The molecule has 1 aromatic carbocycles. The summed E-state index contributed by atoms with van der Waals surface area (Å²) in [4.78, 5) is 30.5. The SMILES string of the molecule is COC(=O)c1cc2nc(-c3ccc(-c4c(C)noc4C)cc3)c(C3CCCCC3)c(=O)n2[nH]1. The molecule has 33 heavy (non-hydrogen) atoms. The van der Waals surface area contributed by atoms with Gasteiger partial charge in [-0.25, -0.2) is 14.3 Å². The molecule has 1 saturated carbocycles. The number of ether oxygens (including phenoxy) is 1. The minimum atomic E-state index is -0.538. The Balaban J connectivity index is 1.67. The van der Waals surface area contributed by atoms with Gasteiger partial charge in [0.2, 0.25) is 0 Å². The zero-order valence-electron chi connectivity index (χ0n) is 19.0. The van der Waals surface area contributed by atoms with Crippen LogP contribution in [0.4, 0.5) is 0 Å². The first-order valence-corrected chi connectivity index (χ1v) is 11.3. The average Bonchev–Trinajstić information content (AvgIpc) is 3.42. The van der Waals surface area contributed by atoms with Crippen LogP contribution in [0.5, 0.6) is 0 Å². The van der Waals surface area contributed by atoms with Gasteiger partial charge in [0.15, 0.2) is 5.65 Å². The fraction of sp³-hybridized carbons (Fsp3) is 0.360. The highest BCUT2D eigenvalue weighted by Crippen LogP contribution is 2.36. The number of methoxy groups -OCH3 is 1. The van der Waals surface area contributed by atoms with Crippen LogP contribution in [0.25, 0.3) is 28.0 Å². The summed E-state index contributed by atoms with van der Waals surface area (Å²) in [5.74, 6) is 0.367. The first-order valence-electron chi connectivity index (χ1n) is 11.3.